The molecule has 1 aromatic heterocycles. The van der Waals surface area contributed by atoms with Gasteiger partial charge in [-0.1, -0.05) is 37.0 Å². The first-order valence-electron chi connectivity index (χ1n) is 12.7. The van der Waals surface area contributed by atoms with Gasteiger partial charge in [-0.25, -0.2) is 14.8 Å². The van der Waals surface area contributed by atoms with E-state index in [1.54, 1.807) is 13.1 Å². The average Bonchev–Trinajstić information content (AvgIpc) is 2.97. The minimum Gasteiger partial charge on any atom is -0.495 e. The molecule has 216 valence electrons. The van der Waals surface area contributed by atoms with Gasteiger partial charge in [0.1, 0.15) is 39.5 Å². The van der Waals surface area contributed by atoms with E-state index in [0.717, 1.165) is 24.3 Å². The summed E-state index contributed by atoms with van der Waals surface area (Å²) in [7, 11) is 4.46. The molecule has 3 rings (SSSR count). The van der Waals surface area contributed by atoms with Crippen LogP contribution in [0.5, 0.6) is 11.5 Å². The first-order valence-corrected chi connectivity index (χ1v) is 13.5. The van der Waals surface area contributed by atoms with E-state index < -0.39 is 6.03 Å². The molecule has 0 unspecified atom stereocenters. The lowest BCUT2D eigenvalue weighted by molar-refractivity contribution is -0.0834. The van der Waals surface area contributed by atoms with Gasteiger partial charge < -0.3 is 30.2 Å². The van der Waals surface area contributed by atoms with Crippen molar-refractivity contribution in [3.8, 4) is 11.5 Å². The molecule has 0 atom stereocenters. The van der Waals surface area contributed by atoms with E-state index in [1.165, 1.54) is 36.6 Å². The molecule has 11 nitrogen and oxygen atoms in total. The number of benzene rings is 2. The quantitative estimate of drug-likeness (QED) is 0.201. The van der Waals surface area contributed by atoms with Crippen LogP contribution in [-0.2, 0) is 0 Å². The molecule has 2 aromatic carbocycles. The van der Waals surface area contributed by atoms with Crippen LogP contribution < -0.4 is 29.9 Å². The number of amides is 2. The Hall–Kier alpha value is -3.51. The topological polar surface area (TPSA) is 115 Å². The lowest BCUT2D eigenvalue weighted by Crippen LogP contribution is -2.34. The molecule has 13 heteroatoms. The fourth-order valence-electron chi connectivity index (χ4n) is 3.83. The number of ether oxygens (including phenoxy) is 2. The number of hydrogen-bond donors (Lipinski definition) is 3. The van der Waals surface area contributed by atoms with Gasteiger partial charge in [0.25, 0.3) is 0 Å². The highest BCUT2D eigenvalue weighted by Gasteiger charge is 2.22. The molecule has 40 heavy (non-hydrogen) atoms. The number of aromatic nitrogens is 2. The van der Waals surface area contributed by atoms with E-state index >= 15 is 0 Å². The number of nitrogens with one attached hydrogen (secondary N) is 2. The van der Waals surface area contributed by atoms with Crippen molar-refractivity contribution in [1.82, 2.24) is 15.0 Å². The van der Waals surface area contributed by atoms with Gasteiger partial charge in [-0.3, -0.25) is 4.90 Å². The largest absolute Gasteiger partial charge is 0.495 e. The van der Waals surface area contributed by atoms with Crippen LogP contribution in [-0.4, -0.2) is 73.7 Å². The molecule has 0 aliphatic heterocycles. The summed E-state index contributed by atoms with van der Waals surface area (Å²) in [4.78, 5) is 25.1. The number of carbonyl (C=O) groups excluding carboxylic acids is 1. The number of carbonyl (C=O) groups is 1. The molecular weight excluding hydrogens is 557 g/mol. The second-order valence-corrected chi connectivity index (χ2v) is 9.50. The van der Waals surface area contributed by atoms with Crippen molar-refractivity contribution in [2.24, 2.45) is 0 Å². The Morgan fingerprint density at radius 2 is 1.62 bits per heavy atom. The number of halogens is 2. The van der Waals surface area contributed by atoms with E-state index in [0.29, 0.717) is 42.8 Å². The molecule has 0 radical (unpaired) electrons. The summed E-state index contributed by atoms with van der Waals surface area (Å²) in [5, 5.41) is 17.3. The van der Waals surface area contributed by atoms with Gasteiger partial charge in [-0.2, -0.15) is 5.06 Å². The maximum atomic E-state index is 13.1. The molecule has 1 heterocycles. The molecular formula is C27H35Cl2N7O4. The Bertz CT molecular complexity index is 1250. The Morgan fingerprint density at radius 1 is 0.975 bits per heavy atom. The van der Waals surface area contributed by atoms with Crippen molar-refractivity contribution >= 4 is 57.9 Å². The highest BCUT2D eigenvalue weighted by Crippen LogP contribution is 2.44. The van der Waals surface area contributed by atoms with Crippen molar-refractivity contribution < 1.29 is 19.5 Å². The van der Waals surface area contributed by atoms with Crippen LogP contribution in [0.3, 0.4) is 0 Å². The number of likely N-dealkylation sites (N-methyl/N-ethyl adjacent to an activating group) is 1. The smallest absolute Gasteiger partial charge is 0.327 e. The Balaban J connectivity index is 1.72. The van der Waals surface area contributed by atoms with Gasteiger partial charge in [0.05, 0.1) is 19.9 Å². The molecule has 3 N–H and O–H groups in total. The summed E-state index contributed by atoms with van der Waals surface area (Å²) in [6.45, 7) is 6.78. The van der Waals surface area contributed by atoms with Crippen molar-refractivity contribution in [3.05, 3.63) is 52.8 Å². The van der Waals surface area contributed by atoms with Gasteiger partial charge in [-0.05, 0) is 30.7 Å². The van der Waals surface area contributed by atoms with Crippen LogP contribution >= 0.6 is 23.2 Å². The summed E-state index contributed by atoms with van der Waals surface area (Å²) >= 11 is 12.8. The zero-order valence-electron chi connectivity index (χ0n) is 23.2. The van der Waals surface area contributed by atoms with E-state index in [4.69, 9.17) is 32.7 Å². The lowest BCUT2D eigenvalue weighted by atomic mass is 10.2. The third kappa shape index (κ3) is 7.79. The maximum absolute atomic E-state index is 13.1. The Morgan fingerprint density at radius 3 is 2.20 bits per heavy atom. The number of hydrogen-bond acceptors (Lipinski definition) is 9. The minimum atomic E-state index is -0.534. The molecule has 0 bridgehead atoms. The number of urea groups is 1. The van der Waals surface area contributed by atoms with Gasteiger partial charge in [0.2, 0.25) is 0 Å². The van der Waals surface area contributed by atoms with Crippen molar-refractivity contribution in [2.45, 2.75) is 20.3 Å². The summed E-state index contributed by atoms with van der Waals surface area (Å²) in [5.41, 5.74) is 2.03. The predicted octanol–water partition coefficient (Wildman–Crippen LogP) is 6.14. The third-order valence-electron chi connectivity index (χ3n) is 6.10. The fourth-order valence-corrected chi connectivity index (χ4v) is 4.42. The molecule has 0 aliphatic rings. The van der Waals surface area contributed by atoms with Crippen LogP contribution in [0.1, 0.15) is 20.3 Å². The van der Waals surface area contributed by atoms with Gasteiger partial charge >= 0.3 is 6.03 Å². The molecule has 3 aromatic rings. The third-order valence-corrected chi connectivity index (χ3v) is 6.85. The standard InChI is InChI=1S/C27H35Cl2N7O4/c1-6-12-35(13-14-36(38)7-2)19-10-8-18(9-11-19)32-22-16-23(31-17-30-22)34(3)27(37)33-26-24(28)20(39-4)15-21(40-5)25(26)29/h8-11,15-17,38H,6-7,12-14H2,1-5H3,(H,33,37)(H,30,31,32). The molecule has 2 amide bonds. The monoisotopic (exact) mass is 591 g/mol. The van der Waals surface area contributed by atoms with Gasteiger partial charge in [-0.15, -0.1) is 0 Å². The highest BCUT2D eigenvalue weighted by atomic mass is 35.5. The Labute approximate surface area is 244 Å². The van der Waals surface area contributed by atoms with Crippen LogP contribution in [0.15, 0.2) is 42.7 Å². The van der Waals surface area contributed by atoms with Crippen LogP contribution in [0, 0.1) is 0 Å². The van der Waals surface area contributed by atoms with Crippen LogP contribution in [0.4, 0.5) is 33.5 Å². The van der Waals surface area contributed by atoms with Gasteiger partial charge in [0.15, 0.2) is 0 Å². The predicted molar refractivity (Wildman–Crippen MR) is 160 cm³/mol. The summed E-state index contributed by atoms with van der Waals surface area (Å²) < 4.78 is 10.5. The molecule has 0 saturated heterocycles. The second kappa shape index (κ2) is 14.8. The van der Waals surface area contributed by atoms with E-state index in [9.17, 15) is 10.0 Å². The zero-order chi connectivity index (χ0) is 29.2. The molecule has 0 aliphatic carbocycles. The number of methoxy groups -OCH3 is 2. The maximum Gasteiger partial charge on any atom is 0.327 e. The fraction of sp³-hybridized carbons (Fsp3) is 0.370. The van der Waals surface area contributed by atoms with E-state index in [1.807, 2.05) is 31.2 Å². The first kappa shape index (κ1) is 31.0. The average molecular weight is 593 g/mol. The van der Waals surface area contributed by atoms with Gasteiger partial charge in [0, 0.05) is 56.7 Å². The van der Waals surface area contributed by atoms with E-state index in [-0.39, 0.29) is 15.7 Å². The normalized spacial score (nSPS) is 10.8. The highest BCUT2D eigenvalue weighted by molar-refractivity contribution is 6.41. The summed E-state index contributed by atoms with van der Waals surface area (Å²) in [5.74, 6) is 1.44. The second-order valence-electron chi connectivity index (χ2n) is 8.74. The van der Waals surface area contributed by atoms with Crippen LogP contribution in [0.25, 0.3) is 0 Å². The Kier molecular flexibility index (Phi) is 11.4. The lowest BCUT2D eigenvalue weighted by Gasteiger charge is -2.26. The molecule has 0 spiro atoms. The van der Waals surface area contributed by atoms with E-state index in [2.05, 4.69) is 32.4 Å². The van der Waals surface area contributed by atoms with Crippen molar-refractivity contribution in [2.75, 3.05) is 67.9 Å². The minimum absolute atomic E-state index is 0.139. The molecule has 0 saturated carbocycles. The number of nitrogens with zero attached hydrogens (tertiary/aromatic N) is 5. The number of hydroxylamine groups is 2. The summed E-state index contributed by atoms with van der Waals surface area (Å²) in [6, 6.07) is 10.6. The number of anilines is 5. The summed E-state index contributed by atoms with van der Waals surface area (Å²) in [6.07, 6.45) is 2.35. The molecule has 0 fully saturated rings. The van der Waals surface area contributed by atoms with Crippen molar-refractivity contribution in [1.29, 1.82) is 0 Å². The zero-order valence-corrected chi connectivity index (χ0v) is 24.8. The number of rotatable bonds is 13. The van der Waals surface area contributed by atoms with Crippen LogP contribution in [0.2, 0.25) is 10.0 Å². The first-order chi connectivity index (χ1) is 19.2. The SMILES string of the molecule is CCCN(CCN(O)CC)c1ccc(Nc2cc(N(C)C(=O)Nc3c(Cl)c(OC)cc(OC)c3Cl)ncn2)cc1. The van der Waals surface area contributed by atoms with Crippen molar-refractivity contribution in [3.63, 3.8) is 0 Å².